The fraction of sp³-hybridized carbons (Fsp3) is 0.278. The molecule has 0 aliphatic heterocycles. The number of hydrogen-bond donors (Lipinski definition) is 4. The Balaban J connectivity index is 2.25. The number of hydroxylamine groups is 1. The third-order valence-electron chi connectivity index (χ3n) is 3.32. The van der Waals surface area contributed by atoms with Crippen LogP contribution < -0.4 is 16.5 Å². The van der Waals surface area contributed by atoms with Crippen molar-refractivity contribution in [3.63, 3.8) is 0 Å². The van der Waals surface area contributed by atoms with Crippen LogP contribution in [0.4, 0.5) is 0 Å². The van der Waals surface area contributed by atoms with Crippen molar-refractivity contribution < 1.29 is 19.6 Å². The molecule has 0 spiro atoms. The summed E-state index contributed by atoms with van der Waals surface area (Å²) in [5.74, 6) is -1.09. The molecule has 0 aliphatic carbocycles. The number of rotatable bonds is 10. The van der Waals surface area contributed by atoms with E-state index in [9.17, 15) is 14.4 Å². The van der Waals surface area contributed by atoms with E-state index >= 15 is 0 Å². The maximum Gasteiger partial charge on any atom is 0.248 e. The number of nitrogens with two attached hydrogens (primary N) is 1. The standard InChI is InChI=1S/C18H23N3O4/c19-18(24)15-9-6-8-14(13-15)7-3-4-10-16(22)20-12-5-1-2-11-17(23)21-25/h3-4,6-10,13,25H,1-2,5,11-12H2,(H2,19,24)(H,20,22)(H,21,23). The van der Waals surface area contributed by atoms with Gasteiger partial charge in [0.25, 0.3) is 0 Å². The van der Waals surface area contributed by atoms with E-state index in [0.29, 0.717) is 18.5 Å². The zero-order valence-electron chi connectivity index (χ0n) is 13.9. The molecular weight excluding hydrogens is 322 g/mol. The quantitative estimate of drug-likeness (QED) is 0.169. The molecule has 0 fully saturated rings. The van der Waals surface area contributed by atoms with E-state index in [-0.39, 0.29) is 12.3 Å². The van der Waals surface area contributed by atoms with Crippen LogP contribution in [0, 0.1) is 0 Å². The lowest BCUT2D eigenvalue weighted by Crippen LogP contribution is -2.22. The van der Waals surface area contributed by atoms with Crippen LogP contribution in [0.2, 0.25) is 0 Å². The highest BCUT2D eigenvalue weighted by Crippen LogP contribution is 2.06. The van der Waals surface area contributed by atoms with Crippen molar-refractivity contribution in [2.45, 2.75) is 25.7 Å². The molecule has 1 rings (SSSR count). The Hall–Kier alpha value is -2.93. The summed E-state index contributed by atoms with van der Waals surface area (Å²) in [5, 5.41) is 11.1. The Kier molecular flexibility index (Phi) is 9.32. The number of hydrogen-bond acceptors (Lipinski definition) is 4. The first kappa shape index (κ1) is 20.1. The van der Waals surface area contributed by atoms with E-state index in [0.717, 1.165) is 18.4 Å². The second-order valence-electron chi connectivity index (χ2n) is 5.34. The summed E-state index contributed by atoms with van der Waals surface area (Å²) in [5.41, 5.74) is 8.04. The molecule has 0 atom stereocenters. The Labute approximate surface area is 146 Å². The van der Waals surface area contributed by atoms with Crippen molar-refractivity contribution in [2.75, 3.05) is 6.54 Å². The summed E-state index contributed by atoms with van der Waals surface area (Å²) < 4.78 is 0. The molecule has 0 heterocycles. The summed E-state index contributed by atoms with van der Waals surface area (Å²) in [6.07, 6.45) is 8.96. The van der Waals surface area contributed by atoms with Crippen LogP contribution in [0.3, 0.4) is 0 Å². The van der Waals surface area contributed by atoms with Crippen molar-refractivity contribution in [1.29, 1.82) is 0 Å². The van der Waals surface area contributed by atoms with Crippen LogP contribution in [-0.2, 0) is 9.59 Å². The maximum atomic E-state index is 11.6. The maximum absolute atomic E-state index is 11.6. The average Bonchev–Trinajstić information content (AvgIpc) is 2.61. The molecule has 0 saturated heterocycles. The summed E-state index contributed by atoms with van der Waals surface area (Å²) in [6.45, 7) is 0.522. The third-order valence-corrected chi connectivity index (χ3v) is 3.32. The molecule has 0 aliphatic rings. The summed E-state index contributed by atoms with van der Waals surface area (Å²) in [7, 11) is 0. The highest BCUT2D eigenvalue weighted by atomic mass is 16.5. The third kappa shape index (κ3) is 9.07. The molecule has 0 unspecified atom stereocenters. The molecule has 134 valence electrons. The van der Waals surface area contributed by atoms with E-state index in [2.05, 4.69) is 5.32 Å². The van der Waals surface area contributed by atoms with Crippen LogP contribution in [0.1, 0.15) is 41.6 Å². The van der Waals surface area contributed by atoms with Crippen LogP contribution >= 0.6 is 0 Å². The van der Waals surface area contributed by atoms with E-state index in [1.54, 1.807) is 41.9 Å². The van der Waals surface area contributed by atoms with Crippen molar-refractivity contribution in [3.8, 4) is 0 Å². The first-order valence-electron chi connectivity index (χ1n) is 7.98. The van der Waals surface area contributed by atoms with Gasteiger partial charge in [-0.25, -0.2) is 5.48 Å². The molecule has 0 radical (unpaired) electrons. The normalized spacial score (nSPS) is 10.9. The number of carbonyl (C=O) groups is 3. The molecule has 5 N–H and O–H groups in total. The predicted molar refractivity (Wildman–Crippen MR) is 94.5 cm³/mol. The molecule has 3 amide bonds. The minimum atomic E-state index is -0.484. The fourth-order valence-electron chi connectivity index (χ4n) is 2.02. The summed E-state index contributed by atoms with van der Waals surface area (Å²) >= 11 is 0. The van der Waals surface area contributed by atoms with E-state index in [4.69, 9.17) is 10.9 Å². The number of allylic oxidation sites excluding steroid dienone is 2. The lowest BCUT2D eigenvalue weighted by Gasteiger charge is -2.02. The van der Waals surface area contributed by atoms with Gasteiger partial charge in [-0.3, -0.25) is 19.6 Å². The molecule has 7 nitrogen and oxygen atoms in total. The largest absolute Gasteiger partial charge is 0.366 e. The van der Waals surface area contributed by atoms with Gasteiger partial charge in [-0.2, -0.15) is 0 Å². The van der Waals surface area contributed by atoms with E-state index < -0.39 is 11.8 Å². The molecule has 25 heavy (non-hydrogen) atoms. The van der Waals surface area contributed by atoms with E-state index in [1.807, 2.05) is 6.07 Å². The summed E-state index contributed by atoms with van der Waals surface area (Å²) in [6, 6.07) is 6.87. The number of unbranched alkanes of at least 4 members (excludes halogenated alkanes) is 2. The topological polar surface area (TPSA) is 122 Å². The van der Waals surface area contributed by atoms with Crippen LogP contribution in [0.15, 0.2) is 42.5 Å². The molecule has 1 aromatic rings. The van der Waals surface area contributed by atoms with Crippen LogP contribution in [0.25, 0.3) is 6.08 Å². The highest BCUT2D eigenvalue weighted by molar-refractivity contribution is 5.93. The Morgan fingerprint density at radius 2 is 1.92 bits per heavy atom. The van der Waals surface area contributed by atoms with Crippen LogP contribution in [-0.4, -0.2) is 29.5 Å². The molecular formula is C18H23N3O4. The zero-order chi connectivity index (χ0) is 18.5. The minimum Gasteiger partial charge on any atom is -0.366 e. The van der Waals surface area contributed by atoms with Gasteiger partial charge in [-0.05, 0) is 30.5 Å². The lowest BCUT2D eigenvalue weighted by molar-refractivity contribution is -0.129. The number of benzene rings is 1. The zero-order valence-corrected chi connectivity index (χ0v) is 13.9. The van der Waals surface area contributed by atoms with Crippen LogP contribution in [0.5, 0.6) is 0 Å². The SMILES string of the molecule is NC(=O)c1cccc(C=CC=CC(=O)NCCCCCC(=O)NO)c1. The van der Waals surface area contributed by atoms with Gasteiger partial charge < -0.3 is 11.1 Å². The second-order valence-corrected chi connectivity index (χ2v) is 5.34. The van der Waals surface area contributed by atoms with Gasteiger partial charge in [0.15, 0.2) is 0 Å². The lowest BCUT2D eigenvalue weighted by atomic mass is 10.1. The number of amides is 3. The van der Waals surface area contributed by atoms with Gasteiger partial charge in [0, 0.05) is 24.6 Å². The number of primary amides is 1. The van der Waals surface area contributed by atoms with Crippen molar-refractivity contribution in [3.05, 3.63) is 53.6 Å². The Morgan fingerprint density at radius 1 is 1.12 bits per heavy atom. The van der Waals surface area contributed by atoms with Gasteiger partial charge in [0.1, 0.15) is 0 Å². The van der Waals surface area contributed by atoms with Gasteiger partial charge in [-0.15, -0.1) is 0 Å². The smallest absolute Gasteiger partial charge is 0.248 e. The first-order chi connectivity index (χ1) is 12.0. The van der Waals surface area contributed by atoms with Gasteiger partial charge in [0.05, 0.1) is 0 Å². The Morgan fingerprint density at radius 3 is 2.64 bits per heavy atom. The monoisotopic (exact) mass is 345 g/mol. The van der Waals surface area contributed by atoms with Crippen molar-refractivity contribution >= 4 is 23.8 Å². The van der Waals surface area contributed by atoms with E-state index in [1.165, 1.54) is 6.08 Å². The Bertz CT molecular complexity index is 653. The molecule has 1 aromatic carbocycles. The van der Waals surface area contributed by atoms with Gasteiger partial charge in [0.2, 0.25) is 17.7 Å². The van der Waals surface area contributed by atoms with Crippen molar-refractivity contribution in [2.24, 2.45) is 5.73 Å². The second kappa shape index (κ2) is 11.6. The fourth-order valence-corrected chi connectivity index (χ4v) is 2.02. The highest BCUT2D eigenvalue weighted by Gasteiger charge is 1.99. The van der Waals surface area contributed by atoms with Gasteiger partial charge in [-0.1, -0.05) is 36.8 Å². The number of carbonyl (C=O) groups excluding carboxylic acids is 3. The summed E-state index contributed by atoms with van der Waals surface area (Å²) in [4.78, 5) is 33.5. The molecule has 7 heteroatoms. The average molecular weight is 345 g/mol. The molecule has 0 aromatic heterocycles. The molecule has 0 saturated carbocycles. The first-order valence-corrected chi connectivity index (χ1v) is 7.98. The van der Waals surface area contributed by atoms with Crippen molar-refractivity contribution in [1.82, 2.24) is 10.8 Å². The predicted octanol–water partition coefficient (Wildman–Crippen LogP) is 1.54. The molecule has 0 bridgehead atoms. The van der Waals surface area contributed by atoms with Gasteiger partial charge >= 0.3 is 0 Å². The number of nitrogens with one attached hydrogen (secondary N) is 2. The minimum absolute atomic E-state index is 0.205.